The van der Waals surface area contributed by atoms with Gasteiger partial charge in [0, 0.05) is 12.2 Å². The van der Waals surface area contributed by atoms with Crippen molar-refractivity contribution in [2.45, 2.75) is 25.8 Å². The Morgan fingerprint density at radius 1 is 1.09 bits per heavy atom. The van der Waals surface area contributed by atoms with Gasteiger partial charge >= 0.3 is 5.97 Å². The van der Waals surface area contributed by atoms with Crippen molar-refractivity contribution >= 4 is 17.8 Å². The van der Waals surface area contributed by atoms with Gasteiger partial charge in [-0.2, -0.15) is 5.10 Å². The SMILES string of the molecule is O=C(ON1C(=O)c2ccccc2C1=O)c1cc2n(n1)CCCC2. The maximum atomic E-state index is 12.2. The Bertz CT molecular complexity index is 781. The fraction of sp³-hybridized carbons (Fsp3) is 0.250. The molecule has 0 unspecified atom stereocenters. The van der Waals surface area contributed by atoms with Crippen molar-refractivity contribution in [3.05, 3.63) is 52.8 Å². The molecule has 0 saturated heterocycles. The Labute approximate surface area is 131 Å². The van der Waals surface area contributed by atoms with Crippen LogP contribution in [0.15, 0.2) is 30.3 Å². The summed E-state index contributed by atoms with van der Waals surface area (Å²) in [5, 5.41) is 4.69. The minimum Gasteiger partial charge on any atom is -0.322 e. The molecule has 0 spiro atoms. The van der Waals surface area contributed by atoms with Crippen LogP contribution in [0, 0.1) is 0 Å². The van der Waals surface area contributed by atoms with Crippen molar-refractivity contribution in [1.29, 1.82) is 0 Å². The zero-order valence-corrected chi connectivity index (χ0v) is 12.2. The van der Waals surface area contributed by atoms with E-state index in [9.17, 15) is 14.4 Å². The minimum atomic E-state index is -0.804. The van der Waals surface area contributed by atoms with Crippen molar-refractivity contribution in [3.63, 3.8) is 0 Å². The summed E-state index contributed by atoms with van der Waals surface area (Å²) in [6, 6.07) is 8.01. The normalized spacial score (nSPS) is 16.3. The fourth-order valence-electron chi connectivity index (χ4n) is 2.90. The van der Waals surface area contributed by atoms with Gasteiger partial charge in [0.2, 0.25) is 0 Å². The molecule has 2 amide bonds. The third-order valence-corrected chi connectivity index (χ3v) is 4.06. The van der Waals surface area contributed by atoms with E-state index >= 15 is 0 Å². The maximum Gasteiger partial charge on any atom is 0.384 e. The first-order chi connectivity index (χ1) is 11.1. The molecule has 0 radical (unpaired) electrons. The first kappa shape index (κ1) is 13.7. The van der Waals surface area contributed by atoms with Crippen LogP contribution in [-0.2, 0) is 17.8 Å². The van der Waals surface area contributed by atoms with Crippen LogP contribution in [0.4, 0.5) is 0 Å². The van der Waals surface area contributed by atoms with E-state index in [4.69, 9.17) is 4.84 Å². The monoisotopic (exact) mass is 311 g/mol. The van der Waals surface area contributed by atoms with E-state index in [1.54, 1.807) is 22.9 Å². The van der Waals surface area contributed by atoms with Crippen molar-refractivity contribution in [1.82, 2.24) is 14.8 Å². The average Bonchev–Trinajstić information content (AvgIpc) is 3.11. The third-order valence-electron chi connectivity index (χ3n) is 4.06. The lowest BCUT2D eigenvalue weighted by Crippen LogP contribution is -2.32. The molecule has 23 heavy (non-hydrogen) atoms. The number of hydroxylamine groups is 2. The highest BCUT2D eigenvalue weighted by atomic mass is 16.7. The zero-order chi connectivity index (χ0) is 16.0. The number of aromatic nitrogens is 2. The van der Waals surface area contributed by atoms with E-state index in [0.717, 1.165) is 31.5 Å². The maximum absolute atomic E-state index is 12.2. The molecule has 0 bridgehead atoms. The topological polar surface area (TPSA) is 81.5 Å². The van der Waals surface area contributed by atoms with Crippen molar-refractivity contribution < 1.29 is 19.2 Å². The molecule has 2 aliphatic rings. The van der Waals surface area contributed by atoms with Gasteiger partial charge in [0.05, 0.1) is 11.1 Å². The van der Waals surface area contributed by atoms with Crippen LogP contribution in [0.25, 0.3) is 0 Å². The molecule has 4 rings (SSSR count). The number of aryl methyl sites for hydroxylation is 2. The van der Waals surface area contributed by atoms with E-state index in [1.165, 1.54) is 12.1 Å². The molecule has 7 nitrogen and oxygen atoms in total. The highest BCUT2D eigenvalue weighted by Crippen LogP contribution is 2.23. The molecule has 3 heterocycles. The Balaban J connectivity index is 1.57. The second-order valence-corrected chi connectivity index (χ2v) is 5.53. The summed E-state index contributed by atoms with van der Waals surface area (Å²) in [7, 11) is 0. The van der Waals surface area contributed by atoms with Gasteiger partial charge in [-0.3, -0.25) is 14.3 Å². The molecule has 0 N–H and O–H groups in total. The van der Waals surface area contributed by atoms with E-state index in [0.29, 0.717) is 5.06 Å². The Morgan fingerprint density at radius 2 is 1.78 bits per heavy atom. The largest absolute Gasteiger partial charge is 0.384 e. The van der Waals surface area contributed by atoms with Crippen LogP contribution in [0.2, 0.25) is 0 Å². The van der Waals surface area contributed by atoms with E-state index < -0.39 is 17.8 Å². The van der Waals surface area contributed by atoms with Crippen molar-refractivity contribution in [3.8, 4) is 0 Å². The molecule has 0 aliphatic carbocycles. The molecule has 0 atom stereocenters. The number of amides is 2. The first-order valence-corrected chi connectivity index (χ1v) is 7.42. The quantitative estimate of drug-likeness (QED) is 0.787. The highest BCUT2D eigenvalue weighted by molar-refractivity contribution is 6.21. The van der Waals surface area contributed by atoms with Gasteiger partial charge in [-0.05, 0) is 37.5 Å². The van der Waals surface area contributed by atoms with Gasteiger partial charge in [-0.1, -0.05) is 17.2 Å². The van der Waals surface area contributed by atoms with Crippen LogP contribution in [0.5, 0.6) is 0 Å². The van der Waals surface area contributed by atoms with Gasteiger partial charge < -0.3 is 4.84 Å². The molecule has 2 aliphatic heterocycles. The lowest BCUT2D eigenvalue weighted by atomic mass is 10.1. The predicted molar refractivity (Wildman–Crippen MR) is 77.5 cm³/mol. The second kappa shape index (κ2) is 5.05. The predicted octanol–water partition coefficient (Wildman–Crippen LogP) is 1.59. The number of rotatable bonds is 2. The van der Waals surface area contributed by atoms with E-state index in [-0.39, 0.29) is 16.8 Å². The van der Waals surface area contributed by atoms with Crippen molar-refractivity contribution in [2.24, 2.45) is 0 Å². The fourth-order valence-corrected chi connectivity index (χ4v) is 2.90. The highest BCUT2D eigenvalue weighted by Gasteiger charge is 2.39. The summed E-state index contributed by atoms with van der Waals surface area (Å²) in [4.78, 5) is 41.6. The smallest absolute Gasteiger partial charge is 0.322 e. The summed E-state index contributed by atoms with van der Waals surface area (Å²) in [5.74, 6) is -2.08. The number of nitrogens with zero attached hydrogens (tertiary/aromatic N) is 3. The summed E-state index contributed by atoms with van der Waals surface area (Å²) in [6.07, 6.45) is 2.92. The average molecular weight is 311 g/mol. The van der Waals surface area contributed by atoms with Gasteiger partial charge in [0.25, 0.3) is 11.8 Å². The molecule has 116 valence electrons. The van der Waals surface area contributed by atoms with E-state index in [1.807, 2.05) is 0 Å². The van der Waals surface area contributed by atoms with Crippen LogP contribution in [0.3, 0.4) is 0 Å². The number of fused-ring (bicyclic) bond motifs is 2. The molecule has 2 aromatic rings. The molecule has 1 aromatic carbocycles. The van der Waals surface area contributed by atoms with Gasteiger partial charge in [0.15, 0.2) is 5.69 Å². The number of benzene rings is 1. The first-order valence-electron chi connectivity index (χ1n) is 7.42. The third kappa shape index (κ3) is 2.12. The molecule has 1 aromatic heterocycles. The van der Waals surface area contributed by atoms with Crippen LogP contribution in [0.1, 0.15) is 49.7 Å². The van der Waals surface area contributed by atoms with Crippen LogP contribution < -0.4 is 0 Å². The number of hydrogen-bond acceptors (Lipinski definition) is 5. The summed E-state index contributed by atoms with van der Waals surface area (Å²) >= 11 is 0. The van der Waals surface area contributed by atoms with Crippen LogP contribution >= 0.6 is 0 Å². The number of carbonyl (C=O) groups excluding carboxylic acids is 3. The lowest BCUT2D eigenvalue weighted by molar-refractivity contribution is -0.0589. The summed E-state index contributed by atoms with van der Waals surface area (Å²) < 4.78 is 1.77. The standard InChI is InChI=1S/C16H13N3O4/c20-14-11-6-1-2-7-12(11)15(21)19(14)23-16(22)13-9-10-5-3-4-8-18(10)17-13/h1-2,6-7,9H,3-5,8H2. The zero-order valence-electron chi connectivity index (χ0n) is 12.2. The number of hydrogen-bond donors (Lipinski definition) is 0. The second-order valence-electron chi connectivity index (χ2n) is 5.53. The van der Waals surface area contributed by atoms with Gasteiger partial charge in [0.1, 0.15) is 0 Å². The molecular weight excluding hydrogens is 298 g/mol. The lowest BCUT2D eigenvalue weighted by Gasteiger charge is -2.12. The van der Waals surface area contributed by atoms with E-state index in [2.05, 4.69) is 5.10 Å². The Kier molecular flexibility index (Phi) is 3.00. The Hall–Kier alpha value is -2.96. The van der Waals surface area contributed by atoms with Crippen molar-refractivity contribution in [2.75, 3.05) is 0 Å². The molecule has 7 heteroatoms. The molecular formula is C16H13N3O4. The number of carbonyl (C=O) groups is 3. The summed E-state index contributed by atoms with van der Waals surface area (Å²) in [5.41, 5.74) is 1.54. The molecule has 0 saturated carbocycles. The Morgan fingerprint density at radius 3 is 2.43 bits per heavy atom. The number of imide groups is 1. The van der Waals surface area contributed by atoms with Gasteiger partial charge in [-0.15, -0.1) is 0 Å². The van der Waals surface area contributed by atoms with Crippen LogP contribution in [-0.4, -0.2) is 32.6 Å². The molecule has 0 fully saturated rings. The minimum absolute atomic E-state index is 0.110. The summed E-state index contributed by atoms with van der Waals surface area (Å²) in [6.45, 7) is 0.760. The van der Waals surface area contributed by atoms with Gasteiger partial charge in [-0.25, -0.2) is 4.79 Å².